The fourth-order valence-corrected chi connectivity index (χ4v) is 7.82. The second kappa shape index (κ2) is 12.0. The lowest BCUT2D eigenvalue weighted by molar-refractivity contribution is 0.0635. The minimum Gasteiger partial charge on any atom is -0.338 e. The zero-order valence-electron chi connectivity index (χ0n) is 26.8. The lowest BCUT2D eigenvalue weighted by atomic mass is 9.82. The fraction of sp³-hybridized carbons (Fsp3) is 0.457. The van der Waals surface area contributed by atoms with Gasteiger partial charge < -0.3 is 9.80 Å². The number of hydrogen-bond donors (Lipinski definition) is 0. The van der Waals surface area contributed by atoms with Gasteiger partial charge in [0, 0.05) is 54.8 Å². The molecule has 3 aliphatic rings. The van der Waals surface area contributed by atoms with Crippen molar-refractivity contribution in [1.29, 1.82) is 0 Å². The molecule has 1 atom stereocenters. The van der Waals surface area contributed by atoms with E-state index in [1.807, 2.05) is 41.4 Å². The third-order valence-electron chi connectivity index (χ3n) is 10.4. The summed E-state index contributed by atoms with van der Waals surface area (Å²) in [5.74, 6) is -4.80. The van der Waals surface area contributed by atoms with Gasteiger partial charge in [-0.25, -0.2) is 17.9 Å². The van der Waals surface area contributed by atoms with Gasteiger partial charge in [-0.2, -0.15) is 5.10 Å². The predicted octanol–water partition coefficient (Wildman–Crippen LogP) is 5.86. The summed E-state index contributed by atoms with van der Waals surface area (Å²) in [7, 11) is 1.96. The number of piperidine rings is 1. The Hall–Kier alpha value is -4.48. The molecule has 0 spiro atoms. The van der Waals surface area contributed by atoms with E-state index in [1.165, 1.54) is 5.56 Å². The number of carbonyl (C=O) groups excluding carboxylic acids is 2. The SMILES string of the molecule is Cn1nc2c(c1-c1cn(C3CCN(C(=O)c4cccc(C(=O)N5CCC(c6cc(F)c(F)c(F)c6)C5(C)C)c4)CC3)nn1)CCCC2. The van der Waals surface area contributed by atoms with Gasteiger partial charge in [-0.3, -0.25) is 14.3 Å². The summed E-state index contributed by atoms with van der Waals surface area (Å²) in [5.41, 5.74) is 4.61. The number of halogens is 3. The van der Waals surface area contributed by atoms with Crippen molar-refractivity contribution in [1.82, 2.24) is 34.6 Å². The van der Waals surface area contributed by atoms with Crippen LogP contribution >= 0.6 is 0 Å². The summed E-state index contributed by atoms with van der Waals surface area (Å²) in [6.45, 7) is 5.12. The molecule has 0 bridgehead atoms. The van der Waals surface area contributed by atoms with Crippen LogP contribution in [0, 0.1) is 17.5 Å². The molecule has 2 aromatic heterocycles. The Kier molecular flexibility index (Phi) is 7.92. The van der Waals surface area contributed by atoms with Crippen molar-refractivity contribution >= 4 is 11.8 Å². The van der Waals surface area contributed by atoms with Crippen molar-refractivity contribution in [2.75, 3.05) is 19.6 Å². The van der Waals surface area contributed by atoms with Gasteiger partial charge in [0.1, 0.15) is 5.69 Å². The van der Waals surface area contributed by atoms with Crippen LogP contribution in [0.25, 0.3) is 11.4 Å². The standard InChI is InChI=1S/C35H38F3N7O2/c1-35(2)26(23-18-27(36)31(38)28(37)19-23)13-16-44(35)34(47)22-8-6-7-21(17-22)33(46)43-14-11-24(12-15-43)45-20-30(39-41-45)32-25-9-4-5-10-29(25)40-42(32)3/h6-8,17-20,24,26H,4-5,9-16H2,1-3H3. The van der Waals surface area contributed by atoms with E-state index in [1.54, 1.807) is 29.2 Å². The first-order valence-corrected chi connectivity index (χ1v) is 16.4. The van der Waals surface area contributed by atoms with E-state index in [9.17, 15) is 22.8 Å². The Bertz CT molecular complexity index is 1830. The predicted molar refractivity (Wildman–Crippen MR) is 168 cm³/mol. The largest absolute Gasteiger partial charge is 0.338 e. The molecule has 9 nitrogen and oxygen atoms in total. The molecule has 2 saturated heterocycles. The molecule has 1 unspecified atom stereocenters. The molecule has 1 aliphatic carbocycles. The minimum absolute atomic E-state index is 0.116. The number of aryl methyl sites for hydroxylation is 2. The van der Waals surface area contributed by atoms with E-state index < -0.39 is 28.9 Å². The van der Waals surface area contributed by atoms with Crippen LogP contribution in [0.4, 0.5) is 13.2 Å². The van der Waals surface area contributed by atoms with Gasteiger partial charge in [0.25, 0.3) is 11.8 Å². The topological polar surface area (TPSA) is 89.2 Å². The average Bonchev–Trinajstić information content (AvgIpc) is 3.77. The maximum absolute atomic E-state index is 14.0. The Balaban J connectivity index is 1.01. The molecule has 0 saturated carbocycles. The highest BCUT2D eigenvalue weighted by Crippen LogP contribution is 2.43. The van der Waals surface area contributed by atoms with Crippen LogP contribution in [0.3, 0.4) is 0 Å². The molecule has 47 heavy (non-hydrogen) atoms. The van der Waals surface area contributed by atoms with Gasteiger partial charge in [0.05, 0.1) is 23.6 Å². The number of fused-ring (bicyclic) bond motifs is 1. The first-order valence-electron chi connectivity index (χ1n) is 16.4. The smallest absolute Gasteiger partial charge is 0.254 e. The molecule has 2 amide bonds. The minimum atomic E-state index is -1.51. The number of rotatable bonds is 5. The maximum Gasteiger partial charge on any atom is 0.254 e. The first-order chi connectivity index (χ1) is 22.5. The van der Waals surface area contributed by atoms with Crippen molar-refractivity contribution in [2.24, 2.45) is 7.05 Å². The zero-order valence-corrected chi connectivity index (χ0v) is 26.8. The van der Waals surface area contributed by atoms with Crippen LogP contribution in [0.5, 0.6) is 0 Å². The van der Waals surface area contributed by atoms with Gasteiger partial charge in [-0.15, -0.1) is 5.10 Å². The quantitative estimate of drug-likeness (QED) is 0.254. The molecule has 2 fully saturated rings. The van der Waals surface area contributed by atoms with Crippen molar-refractivity contribution < 1.29 is 22.8 Å². The molecule has 0 N–H and O–H groups in total. The van der Waals surface area contributed by atoms with Crippen LogP contribution < -0.4 is 0 Å². The van der Waals surface area contributed by atoms with Crippen LogP contribution in [0.2, 0.25) is 0 Å². The molecule has 4 aromatic rings. The fourth-order valence-electron chi connectivity index (χ4n) is 7.82. The third-order valence-corrected chi connectivity index (χ3v) is 10.4. The van der Waals surface area contributed by atoms with E-state index in [0.717, 1.165) is 67.7 Å². The molecule has 12 heteroatoms. The van der Waals surface area contributed by atoms with E-state index in [-0.39, 0.29) is 17.9 Å². The van der Waals surface area contributed by atoms with Gasteiger partial charge >= 0.3 is 0 Å². The van der Waals surface area contributed by atoms with Crippen LogP contribution in [0.15, 0.2) is 42.6 Å². The first kappa shape index (κ1) is 31.1. The number of carbonyl (C=O) groups is 2. The molecule has 2 aliphatic heterocycles. The average molecular weight is 646 g/mol. The van der Waals surface area contributed by atoms with Gasteiger partial charge in [-0.1, -0.05) is 11.3 Å². The number of aromatic nitrogens is 5. The Morgan fingerprint density at radius 2 is 1.57 bits per heavy atom. The van der Waals surface area contributed by atoms with Crippen LogP contribution in [0.1, 0.15) is 95.4 Å². The molecular weight excluding hydrogens is 607 g/mol. The van der Waals surface area contributed by atoms with E-state index in [2.05, 4.69) is 10.3 Å². The van der Waals surface area contributed by atoms with Crippen LogP contribution in [-0.4, -0.2) is 71.6 Å². The second-order valence-electron chi connectivity index (χ2n) is 13.5. The number of amides is 2. The summed E-state index contributed by atoms with van der Waals surface area (Å²) < 4.78 is 45.5. The molecule has 246 valence electrons. The van der Waals surface area contributed by atoms with Crippen LogP contribution in [-0.2, 0) is 19.9 Å². The Labute approximate surface area is 271 Å². The Morgan fingerprint density at radius 3 is 2.30 bits per heavy atom. The molecule has 0 radical (unpaired) electrons. The van der Waals surface area contributed by atoms with Crippen molar-refractivity contribution in [3.05, 3.63) is 88.0 Å². The summed E-state index contributed by atoms with van der Waals surface area (Å²) in [6.07, 6.45) is 8.24. The zero-order chi connectivity index (χ0) is 33.0. The molecular formula is C35H38F3N7O2. The monoisotopic (exact) mass is 645 g/mol. The molecule has 2 aromatic carbocycles. The molecule has 7 rings (SSSR count). The highest BCUT2D eigenvalue weighted by atomic mass is 19.2. The summed E-state index contributed by atoms with van der Waals surface area (Å²) in [4.78, 5) is 30.8. The number of hydrogen-bond acceptors (Lipinski definition) is 5. The van der Waals surface area contributed by atoms with Crippen molar-refractivity contribution in [3.8, 4) is 11.4 Å². The summed E-state index contributed by atoms with van der Waals surface area (Å²) >= 11 is 0. The molecule has 4 heterocycles. The summed E-state index contributed by atoms with van der Waals surface area (Å²) in [5, 5.41) is 13.7. The number of benzene rings is 2. The van der Waals surface area contributed by atoms with E-state index >= 15 is 0 Å². The third kappa shape index (κ3) is 5.51. The second-order valence-corrected chi connectivity index (χ2v) is 13.5. The Morgan fingerprint density at radius 1 is 0.894 bits per heavy atom. The van der Waals surface area contributed by atoms with Crippen molar-refractivity contribution in [3.63, 3.8) is 0 Å². The van der Waals surface area contributed by atoms with E-state index in [0.29, 0.717) is 42.7 Å². The summed E-state index contributed by atoms with van der Waals surface area (Å²) in [6, 6.07) is 8.85. The highest BCUT2D eigenvalue weighted by Gasteiger charge is 2.45. The van der Waals surface area contributed by atoms with Gasteiger partial charge in [0.2, 0.25) is 0 Å². The highest BCUT2D eigenvalue weighted by molar-refractivity contribution is 6.00. The number of nitrogens with zero attached hydrogens (tertiary/aromatic N) is 7. The number of likely N-dealkylation sites (tertiary alicyclic amines) is 2. The van der Waals surface area contributed by atoms with Crippen molar-refractivity contribution in [2.45, 2.75) is 76.3 Å². The van der Waals surface area contributed by atoms with E-state index in [4.69, 9.17) is 5.10 Å². The lowest BCUT2D eigenvalue weighted by Gasteiger charge is -2.36. The normalized spacial score (nSPS) is 19.7. The van der Waals surface area contributed by atoms with Gasteiger partial charge in [0.15, 0.2) is 17.5 Å². The lowest BCUT2D eigenvalue weighted by Crippen LogP contribution is -2.45. The maximum atomic E-state index is 14.0. The van der Waals surface area contributed by atoms with Gasteiger partial charge in [-0.05, 0) is 94.7 Å².